The van der Waals surface area contributed by atoms with Crippen LogP contribution in [0.5, 0.6) is 28.7 Å². The topological polar surface area (TPSA) is 54.0 Å². The normalized spacial score (nSPS) is 10.0. The molecule has 0 aliphatic rings. The molecule has 0 unspecified atom stereocenters. The minimum Gasteiger partial charge on any atom is -0.497 e. The van der Waals surface area contributed by atoms with Crippen LogP contribution in [-0.2, 0) is 0 Å². The first-order chi connectivity index (χ1) is 11.2. The Kier molecular flexibility index (Phi) is 5.86. The molecule has 0 fully saturated rings. The van der Waals surface area contributed by atoms with Crippen molar-refractivity contribution in [2.45, 2.75) is 13.3 Å². The predicted molar refractivity (Wildman–Crippen MR) is 87.2 cm³/mol. The summed E-state index contributed by atoms with van der Waals surface area (Å²) in [5, 5.41) is 0. The van der Waals surface area contributed by atoms with Gasteiger partial charge in [0.1, 0.15) is 17.8 Å². The van der Waals surface area contributed by atoms with Crippen LogP contribution in [-0.4, -0.2) is 27.1 Å². The van der Waals surface area contributed by atoms with Crippen molar-refractivity contribution >= 4 is 6.29 Å². The van der Waals surface area contributed by atoms with E-state index in [1.807, 2.05) is 19.1 Å². The molecule has 0 saturated carbocycles. The van der Waals surface area contributed by atoms with Gasteiger partial charge in [0.25, 0.3) is 0 Å². The third-order valence-corrected chi connectivity index (χ3v) is 3.12. The number of methoxy groups -OCH3 is 2. The lowest BCUT2D eigenvalue weighted by molar-refractivity contribution is 0.112. The van der Waals surface area contributed by atoms with Crippen molar-refractivity contribution in [2.24, 2.45) is 0 Å². The molecule has 0 bridgehead atoms. The Labute approximate surface area is 135 Å². The van der Waals surface area contributed by atoms with E-state index in [1.54, 1.807) is 31.4 Å². The molecule has 2 rings (SSSR count). The summed E-state index contributed by atoms with van der Waals surface area (Å²) >= 11 is 0. The first-order valence-corrected chi connectivity index (χ1v) is 7.33. The fraction of sp³-hybridized carbons (Fsp3) is 0.278. The van der Waals surface area contributed by atoms with E-state index in [4.69, 9.17) is 18.9 Å². The predicted octanol–water partition coefficient (Wildman–Crippen LogP) is 4.10. The van der Waals surface area contributed by atoms with Crippen LogP contribution in [0.4, 0.5) is 0 Å². The van der Waals surface area contributed by atoms with Gasteiger partial charge in [-0.1, -0.05) is 13.0 Å². The van der Waals surface area contributed by atoms with Gasteiger partial charge in [-0.3, -0.25) is 4.79 Å². The van der Waals surface area contributed by atoms with E-state index in [9.17, 15) is 4.79 Å². The van der Waals surface area contributed by atoms with Crippen LogP contribution in [0.15, 0.2) is 36.4 Å². The second-order valence-electron chi connectivity index (χ2n) is 4.80. The van der Waals surface area contributed by atoms with Gasteiger partial charge in [0.2, 0.25) is 5.75 Å². The van der Waals surface area contributed by atoms with Crippen LogP contribution < -0.4 is 18.9 Å². The van der Waals surface area contributed by atoms with Crippen molar-refractivity contribution in [1.82, 2.24) is 0 Å². The van der Waals surface area contributed by atoms with E-state index >= 15 is 0 Å². The zero-order valence-corrected chi connectivity index (χ0v) is 13.5. The Morgan fingerprint density at radius 2 is 1.74 bits per heavy atom. The summed E-state index contributed by atoms with van der Waals surface area (Å²) in [4.78, 5) is 11.1. The Morgan fingerprint density at radius 1 is 1.00 bits per heavy atom. The van der Waals surface area contributed by atoms with Gasteiger partial charge in [-0.15, -0.1) is 0 Å². The van der Waals surface area contributed by atoms with Crippen LogP contribution in [0.25, 0.3) is 0 Å². The molecule has 0 aliphatic carbocycles. The maximum Gasteiger partial charge on any atom is 0.204 e. The van der Waals surface area contributed by atoms with Crippen LogP contribution in [0.1, 0.15) is 23.7 Å². The lowest BCUT2D eigenvalue weighted by Crippen LogP contribution is -2.01. The van der Waals surface area contributed by atoms with Gasteiger partial charge in [-0.25, -0.2) is 0 Å². The zero-order valence-electron chi connectivity index (χ0n) is 13.5. The molecule has 23 heavy (non-hydrogen) atoms. The Morgan fingerprint density at radius 3 is 2.39 bits per heavy atom. The number of ether oxygens (including phenoxy) is 4. The van der Waals surface area contributed by atoms with E-state index in [0.717, 1.165) is 12.7 Å². The summed E-state index contributed by atoms with van der Waals surface area (Å²) < 4.78 is 22.1. The molecule has 2 aromatic rings. The van der Waals surface area contributed by atoms with Crippen LogP contribution >= 0.6 is 0 Å². The van der Waals surface area contributed by atoms with E-state index in [-0.39, 0.29) is 0 Å². The van der Waals surface area contributed by atoms with E-state index in [1.165, 1.54) is 7.11 Å². The number of benzene rings is 2. The lowest BCUT2D eigenvalue weighted by atomic mass is 10.2. The van der Waals surface area contributed by atoms with Crippen molar-refractivity contribution in [1.29, 1.82) is 0 Å². The van der Waals surface area contributed by atoms with Gasteiger partial charge in [0.15, 0.2) is 11.5 Å². The quantitative estimate of drug-likeness (QED) is 0.686. The molecule has 122 valence electrons. The maximum absolute atomic E-state index is 11.1. The number of hydrogen-bond donors (Lipinski definition) is 0. The summed E-state index contributed by atoms with van der Waals surface area (Å²) in [6, 6.07) is 10.4. The van der Waals surface area contributed by atoms with Gasteiger partial charge in [0.05, 0.1) is 20.8 Å². The number of hydrogen-bond acceptors (Lipinski definition) is 5. The summed E-state index contributed by atoms with van der Waals surface area (Å²) in [6.45, 7) is 2.53. The highest BCUT2D eigenvalue weighted by Crippen LogP contribution is 2.41. The van der Waals surface area contributed by atoms with Crippen molar-refractivity contribution in [3.05, 3.63) is 42.0 Å². The molecule has 0 saturated heterocycles. The summed E-state index contributed by atoms with van der Waals surface area (Å²) in [5.41, 5.74) is 0.448. The van der Waals surface area contributed by atoms with Gasteiger partial charge >= 0.3 is 0 Å². The van der Waals surface area contributed by atoms with E-state index < -0.39 is 0 Å². The molecule has 5 heteroatoms. The molecule has 0 aromatic heterocycles. The molecule has 0 atom stereocenters. The first-order valence-electron chi connectivity index (χ1n) is 7.33. The van der Waals surface area contributed by atoms with Crippen molar-refractivity contribution in [2.75, 3.05) is 20.8 Å². The van der Waals surface area contributed by atoms with Gasteiger partial charge in [-0.05, 0) is 30.7 Å². The molecule has 0 radical (unpaired) electrons. The molecule has 0 N–H and O–H groups in total. The Hall–Kier alpha value is -2.69. The van der Waals surface area contributed by atoms with Crippen molar-refractivity contribution < 1.29 is 23.7 Å². The van der Waals surface area contributed by atoms with E-state index in [0.29, 0.717) is 40.9 Å². The highest BCUT2D eigenvalue weighted by Gasteiger charge is 2.15. The number of rotatable bonds is 8. The van der Waals surface area contributed by atoms with Crippen molar-refractivity contribution in [3.63, 3.8) is 0 Å². The smallest absolute Gasteiger partial charge is 0.204 e. The molecule has 0 heterocycles. The van der Waals surface area contributed by atoms with Crippen LogP contribution in [0, 0.1) is 0 Å². The van der Waals surface area contributed by atoms with Crippen LogP contribution in [0.2, 0.25) is 0 Å². The Bertz CT molecular complexity index is 666. The highest BCUT2D eigenvalue weighted by molar-refractivity contribution is 5.78. The molecular formula is C18H20O5. The van der Waals surface area contributed by atoms with Gasteiger partial charge < -0.3 is 18.9 Å². The summed E-state index contributed by atoms with van der Waals surface area (Å²) in [6.07, 6.45) is 1.59. The minimum atomic E-state index is 0.424. The third kappa shape index (κ3) is 4.16. The van der Waals surface area contributed by atoms with Crippen molar-refractivity contribution in [3.8, 4) is 28.7 Å². The molecule has 0 aliphatic heterocycles. The fourth-order valence-electron chi connectivity index (χ4n) is 2.03. The first kappa shape index (κ1) is 16.7. The van der Waals surface area contributed by atoms with E-state index in [2.05, 4.69) is 0 Å². The number of carbonyl (C=O) groups excluding carboxylic acids is 1. The average Bonchev–Trinajstić information content (AvgIpc) is 2.60. The molecule has 0 amide bonds. The van der Waals surface area contributed by atoms with Crippen LogP contribution in [0.3, 0.4) is 0 Å². The summed E-state index contributed by atoms with van der Waals surface area (Å²) in [5.74, 6) is 2.62. The second-order valence-corrected chi connectivity index (χ2v) is 4.80. The molecule has 0 spiro atoms. The lowest BCUT2D eigenvalue weighted by Gasteiger charge is -2.16. The SMILES string of the molecule is CCCOc1c(OC)cc(C=O)cc1Oc1cccc(OC)c1. The fourth-order valence-corrected chi connectivity index (χ4v) is 2.03. The molecule has 5 nitrogen and oxygen atoms in total. The third-order valence-electron chi connectivity index (χ3n) is 3.12. The Balaban J connectivity index is 2.42. The summed E-state index contributed by atoms with van der Waals surface area (Å²) in [7, 11) is 3.11. The molecular weight excluding hydrogens is 296 g/mol. The maximum atomic E-state index is 11.1. The standard InChI is InChI=1S/C18H20O5/c1-4-8-22-18-16(21-3)9-13(12-19)10-17(18)23-15-7-5-6-14(11-15)20-2/h5-7,9-12H,4,8H2,1-3H3. The second kappa shape index (κ2) is 8.08. The largest absolute Gasteiger partial charge is 0.497 e. The number of carbonyl (C=O) groups is 1. The minimum absolute atomic E-state index is 0.424. The van der Waals surface area contributed by atoms with Gasteiger partial charge in [-0.2, -0.15) is 0 Å². The molecule has 2 aromatic carbocycles. The van der Waals surface area contributed by atoms with Gasteiger partial charge in [0, 0.05) is 11.6 Å². The average molecular weight is 316 g/mol. The zero-order chi connectivity index (χ0) is 16.7. The number of aldehydes is 1. The monoisotopic (exact) mass is 316 g/mol. The highest BCUT2D eigenvalue weighted by atomic mass is 16.5.